The second-order valence-electron chi connectivity index (χ2n) is 7.54. The van der Waals surface area contributed by atoms with E-state index >= 15 is 0 Å². The molecule has 0 aliphatic carbocycles. The van der Waals surface area contributed by atoms with E-state index in [-0.39, 0.29) is 23.7 Å². The Morgan fingerprint density at radius 2 is 1.90 bits per heavy atom. The van der Waals surface area contributed by atoms with Crippen molar-refractivity contribution < 1.29 is 19.1 Å². The Hall–Kier alpha value is -3.55. The Kier molecular flexibility index (Phi) is 5.79. The molecular formula is C23H26N4O4. The molecule has 0 spiro atoms. The maximum absolute atomic E-state index is 13.5. The number of aliphatic imine (C=N–C) groups is 1. The predicted octanol–water partition coefficient (Wildman–Crippen LogP) is 2.71. The van der Waals surface area contributed by atoms with Gasteiger partial charge in [-0.15, -0.1) is 0 Å². The summed E-state index contributed by atoms with van der Waals surface area (Å²) in [4.78, 5) is 32.3. The van der Waals surface area contributed by atoms with Crippen molar-refractivity contribution in [1.29, 1.82) is 0 Å². The number of ether oxygens (including phenoxy) is 2. The molecule has 31 heavy (non-hydrogen) atoms. The average molecular weight is 422 g/mol. The molecule has 0 aromatic heterocycles. The van der Waals surface area contributed by atoms with Gasteiger partial charge in [0.15, 0.2) is 0 Å². The third kappa shape index (κ3) is 3.93. The van der Waals surface area contributed by atoms with E-state index in [1.807, 2.05) is 48.5 Å². The number of nitrogens with zero attached hydrogens (tertiary/aromatic N) is 3. The molecule has 4 rings (SSSR count). The summed E-state index contributed by atoms with van der Waals surface area (Å²) in [6, 6.07) is 13.9. The normalized spacial score (nSPS) is 20.9. The van der Waals surface area contributed by atoms with Crippen LogP contribution in [0.25, 0.3) is 0 Å². The number of nitrogens with one attached hydrogen (secondary N) is 1. The van der Waals surface area contributed by atoms with Gasteiger partial charge < -0.3 is 14.4 Å². The molecule has 0 unspecified atom stereocenters. The lowest BCUT2D eigenvalue weighted by Gasteiger charge is -2.33. The van der Waals surface area contributed by atoms with Crippen LogP contribution in [0.2, 0.25) is 0 Å². The summed E-state index contributed by atoms with van der Waals surface area (Å²) in [5.41, 5.74) is 4.49. The lowest BCUT2D eigenvalue weighted by atomic mass is 10.0. The van der Waals surface area contributed by atoms with Crippen LogP contribution in [-0.2, 0) is 9.59 Å². The monoisotopic (exact) mass is 422 g/mol. The molecule has 1 saturated heterocycles. The lowest BCUT2D eigenvalue weighted by Crippen LogP contribution is -2.58. The summed E-state index contributed by atoms with van der Waals surface area (Å²) in [5.74, 6) is 1.11. The zero-order valence-corrected chi connectivity index (χ0v) is 17.9. The second kappa shape index (κ2) is 8.67. The average Bonchev–Trinajstić information content (AvgIpc) is 3.30. The number of benzene rings is 2. The van der Waals surface area contributed by atoms with Crippen LogP contribution in [0.3, 0.4) is 0 Å². The molecule has 2 aliphatic heterocycles. The molecule has 0 radical (unpaired) electrons. The van der Waals surface area contributed by atoms with Crippen LogP contribution in [0.5, 0.6) is 11.5 Å². The first-order valence-electron chi connectivity index (χ1n) is 10.3. The highest BCUT2D eigenvalue weighted by Crippen LogP contribution is 2.39. The zero-order valence-electron chi connectivity index (χ0n) is 17.9. The van der Waals surface area contributed by atoms with Gasteiger partial charge in [-0.05, 0) is 50.1 Å². The number of methoxy groups -OCH3 is 2. The number of carbonyl (C=O) groups excluding carboxylic acids is 2. The number of likely N-dealkylation sites (tertiary alicyclic amines) is 1. The first kappa shape index (κ1) is 20.7. The molecule has 2 aliphatic rings. The van der Waals surface area contributed by atoms with Crippen LogP contribution in [-0.4, -0.2) is 49.4 Å². The van der Waals surface area contributed by atoms with E-state index in [2.05, 4.69) is 10.4 Å². The van der Waals surface area contributed by atoms with Gasteiger partial charge >= 0.3 is 0 Å². The molecule has 2 aromatic carbocycles. The molecule has 0 bridgehead atoms. The van der Waals surface area contributed by atoms with Crippen molar-refractivity contribution in [3.8, 4) is 11.5 Å². The minimum atomic E-state index is -0.659. The minimum Gasteiger partial charge on any atom is -0.497 e. The van der Waals surface area contributed by atoms with E-state index in [4.69, 9.17) is 9.47 Å². The van der Waals surface area contributed by atoms with Crippen LogP contribution in [0.4, 0.5) is 5.69 Å². The van der Waals surface area contributed by atoms with E-state index in [0.29, 0.717) is 23.7 Å². The molecule has 1 N–H and O–H groups in total. The Balaban J connectivity index is 1.63. The number of hydrogen-bond donors (Lipinski definition) is 1. The van der Waals surface area contributed by atoms with Gasteiger partial charge in [0, 0.05) is 12.1 Å². The van der Waals surface area contributed by atoms with Crippen LogP contribution < -0.4 is 19.9 Å². The molecule has 2 atom stereocenters. The molecule has 162 valence electrons. The van der Waals surface area contributed by atoms with E-state index in [1.165, 1.54) is 5.01 Å². The topological polar surface area (TPSA) is 83.5 Å². The maximum atomic E-state index is 13.5. The van der Waals surface area contributed by atoms with Gasteiger partial charge in [-0.25, -0.2) is 10.0 Å². The number of para-hydroxylation sites is 1. The van der Waals surface area contributed by atoms with Gasteiger partial charge in [-0.2, -0.15) is 0 Å². The fourth-order valence-electron chi connectivity index (χ4n) is 4.07. The van der Waals surface area contributed by atoms with Crippen LogP contribution >= 0.6 is 0 Å². The molecule has 2 aromatic rings. The summed E-state index contributed by atoms with van der Waals surface area (Å²) in [7, 11) is 3.23. The van der Waals surface area contributed by atoms with Gasteiger partial charge in [0.25, 0.3) is 11.8 Å². The van der Waals surface area contributed by atoms with Crippen LogP contribution in [0, 0.1) is 0 Å². The number of anilines is 1. The first-order valence-corrected chi connectivity index (χ1v) is 10.3. The highest BCUT2D eigenvalue weighted by atomic mass is 16.5. The number of amides is 2. The highest BCUT2D eigenvalue weighted by Gasteiger charge is 2.38. The van der Waals surface area contributed by atoms with Gasteiger partial charge in [0.1, 0.15) is 17.5 Å². The number of amidine groups is 1. The molecule has 0 saturated carbocycles. The van der Waals surface area contributed by atoms with Crippen molar-refractivity contribution in [3.63, 3.8) is 0 Å². The highest BCUT2D eigenvalue weighted by molar-refractivity contribution is 6.39. The van der Waals surface area contributed by atoms with Crippen molar-refractivity contribution in [2.45, 2.75) is 31.8 Å². The van der Waals surface area contributed by atoms with Gasteiger partial charge in [0.2, 0.25) is 5.84 Å². The van der Waals surface area contributed by atoms with E-state index in [0.717, 1.165) is 18.4 Å². The Morgan fingerprint density at radius 3 is 2.61 bits per heavy atom. The molecule has 1 fully saturated rings. The number of hydrazine groups is 1. The van der Waals surface area contributed by atoms with Crippen molar-refractivity contribution in [1.82, 2.24) is 10.3 Å². The fourth-order valence-corrected chi connectivity index (χ4v) is 4.07. The smallest absolute Gasteiger partial charge is 0.291 e. The summed E-state index contributed by atoms with van der Waals surface area (Å²) >= 11 is 0. The van der Waals surface area contributed by atoms with Crippen LogP contribution in [0.1, 0.15) is 31.4 Å². The number of hydrogen-bond acceptors (Lipinski definition) is 6. The summed E-state index contributed by atoms with van der Waals surface area (Å²) < 4.78 is 10.9. The van der Waals surface area contributed by atoms with Crippen molar-refractivity contribution in [3.05, 3.63) is 54.1 Å². The predicted molar refractivity (Wildman–Crippen MR) is 117 cm³/mol. The van der Waals surface area contributed by atoms with E-state index in [9.17, 15) is 9.59 Å². The number of rotatable bonds is 5. The molecule has 2 amide bonds. The Labute approximate surface area is 181 Å². The Morgan fingerprint density at radius 1 is 1.13 bits per heavy atom. The molecule has 8 nitrogen and oxygen atoms in total. The van der Waals surface area contributed by atoms with Gasteiger partial charge in [-0.1, -0.05) is 18.2 Å². The molecular weight excluding hydrogens is 396 g/mol. The fraction of sp³-hybridized carbons (Fsp3) is 0.348. The lowest BCUT2D eigenvalue weighted by molar-refractivity contribution is -0.125. The summed E-state index contributed by atoms with van der Waals surface area (Å²) in [5, 5.41) is 1.39. The van der Waals surface area contributed by atoms with Crippen molar-refractivity contribution in [2.75, 3.05) is 25.8 Å². The van der Waals surface area contributed by atoms with Crippen molar-refractivity contribution in [2.24, 2.45) is 4.99 Å². The molecule has 2 heterocycles. The van der Waals surface area contributed by atoms with E-state index < -0.39 is 6.04 Å². The van der Waals surface area contributed by atoms with Crippen LogP contribution in [0.15, 0.2) is 53.5 Å². The quantitative estimate of drug-likeness (QED) is 0.801. The number of carbonyl (C=O) groups is 2. The maximum Gasteiger partial charge on any atom is 0.291 e. The summed E-state index contributed by atoms with van der Waals surface area (Å²) in [6.07, 6.45) is 1.67. The zero-order chi connectivity index (χ0) is 22.0. The van der Waals surface area contributed by atoms with Gasteiger partial charge in [0.05, 0.1) is 25.9 Å². The molecule has 8 heteroatoms. The second-order valence-corrected chi connectivity index (χ2v) is 7.54. The first-order chi connectivity index (χ1) is 15.0. The third-order valence-electron chi connectivity index (χ3n) is 5.64. The Bertz CT molecular complexity index is 1010. The van der Waals surface area contributed by atoms with E-state index in [1.54, 1.807) is 26.0 Å². The SMILES string of the molecule is COc1ccc(OC)c([C@@H]2CCCN2C(=O)C2=N[C@@H](C)C(=O)N(c3ccccc3)N2)c1. The summed E-state index contributed by atoms with van der Waals surface area (Å²) in [6.45, 7) is 2.29. The largest absolute Gasteiger partial charge is 0.497 e. The standard InChI is InChI=1S/C23H26N4O4/c1-15-22(28)27(16-8-5-4-6-9-16)25-21(24-15)23(29)26-13-7-10-19(26)18-14-17(30-2)11-12-20(18)31-3/h4-6,8-9,11-12,14-15,19H,7,10,13H2,1-3H3,(H,24,25)/t15-,19-/m0/s1. The van der Waals surface area contributed by atoms with Gasteiger partial charge in [-0.3, -0.25) is 15.0 Å². The minimum absolute atomic E-state index is 0.157. The van der Waals surface area contributed by atoms with Crippen molar-refractivity contribution >= 4 is 23.3 Å². The third-order valence-corrected chi connectivity index (χ3v) is 5.64.